The largest absolute Gasteiger partial charge is 0.391 e. The highest BCUT2D eigenvalue weighted by atomic mass is 16.3. The molecule has 30 heavy (non-hydrogen) atoms. The number of imidazole rings is 1. The summed E-state index contributed by atoms with van der Waals surface area (Å²) in [6.07, 6.45) is 7.76. The Kier molecular flexibility index (Phi) is 5.90. The molecule has 4 rings (SSSR count). The molecule has 2 aromatic rings. The maximum absolute atomic E-state index is 13.2. The fraction of sp³-hybridized carbons (Fsp3) is 0.522. The molecule has 0 bridgehead atoms. The number of carbonyl (C=O) groups is 2. The lowest BCUT2D eigenvalue weighted by Crippen LogP contribution is -2.35. The first-order valence-electron chi connectivity index (χ1n) is 10.8. The zero-order valence-electron chi connectivity index (χ0n) is 17.6. The lowest BCUT2D eigenvalue weighted by atomic mass is 9.77. The smallest absolute Gasteiger partial charge is 0.253 e. The Labute approximate surface area is 177 Å². The molecule has 4 atom stereocenters. The zero-order valence-corrected chi connectivity index (χ0v) is 17.6. The maximum atomic E-state index is 13.2. The van der Waals surface area contributed by atoms with Crippen molar-refractivity contribution in [3.63, 3.8) is 0 Å². The van der Waals surface area contributed by atoms with E-state index in [4.69, 9.17) is 0 Å². The van der Waals surface area contributed by atoms with Gasteiger partial charge in [0.1, 0.15) is 0 Å². The van der Waals surface area contributed by atoms with Gasteiger partial charge in [-0.2, -0.15) is 0 Å². The van der Waals surface area contributed by atoms with Crippen molar-refractivity contribution in [3.05, 3.63) is 48.0 Å². The van der Waals surface area contributed by atoms with Crippen LogP contribution < -0.4 is 5.32 Å². The average Bonchev–Trinajstić information content (AvgIpc) is 3.38. The van der Waals surface area contributed by atoms with Crippen molar-refractivity contribution in [2.24, 2.45) is 11.8 Å². The zero-order chi connectivity index (χ0) is 21.3. The Morgan fingerprint density at radius 3 is 2.70 bits per heavy atom. The molecular formula is C23H30N4O3. The van der Waals surface area contributed by atoms with Crippen LogP contribution >= 0.6 is 0 Å². The SMILES string of the molecule is CCCC(=O)Nc1cc(C(=O)N2C[C@H]3C[C@@H](n4ccnc4)[C@H](O)C[C@H]3C2)ccc1C. The van der Waals surface area contributed by atoms with Crippen LogP contribution in [0.2, 0.25) is 0 Å². The van der Waals surface area contributed by atoms with Gasteiger partial charge in [-0.05, 0) is 55.7 Å². The van der Waals surface area contributed by atoms with Crippen molar-refractivity contribution in [3.8, 4) is 0 Å². The number of amides is 2. The van der Waals surface area contributed by atoms with Crippen LogP contribution in [0.25, 0.3) is 0 Å². The summed E-state index contributed by atoms with van der Waals surface area (Å²) in [7, 11) is 0. The van der Waals surface area contributed by atoms with E-state index in [1.807, 2.05) is 41.6 Å². The van der Waals surface area contributed by atoms with E-state index in [-0.39, 0.29) is 17.9 Å². The molecule has 1 aliphatic heterocycles. The van der Waals surface area contributed by atoms with Crippen molar-refractivity contribution in [2.45, 2.75) is 51.7 Å². The van der Waals surface area contributed by atoms with Crippen LogP contribution in [-0.2, 0) is 4.79 Å². The minimum atomic E-state index is -0.421. The number of anilines is 1. The summed E-state index contributed by atoms with van der Waals surface area (Å²) >= 11 is 0. The predicted octanol–water partition coefficient (Wildman–Crippen LogP) is 3.01. The second kappa shape index (κ2) is 8.60. The molecule has 7 nitrogen and oxygen atoms in total. The summed E-state index contributed by atoms with van der Waals surface area (Å²) in [6.45, 7) is 5.26. The Morgan fingerprint density at radius 2 is 2.00 bits per heavy atom. The first kappa shape index (κ1) is 20.6. The summed E-state index contributed by atoms with van der Waals surface area (Å²) in [5, 5.41) is 13.6. The second-order valence-corrected chi connectivity index (χ2v) is 8.67. The first-order chi connectivity index (χ1) is 14.5. The molecule has 1 aromatic carbocycles. The number of aliphatic hydroxyl groups is 1. The van der Waals surface area contributed by atoms with Crippen LogP contribution in [0.5, 0.6) is 0 Å². The van der Waals surface area contributed by atoms with E-state index in [0.29, 0.717) is 49.0 Å². The van der Waals surface area contributed by atoms with Gasteiger partial charge in [0.05, 0.1) is 18.5 Å². The third-order valence-electron chi connectivity index (χ3n) is 6.54. The number of aryl methyl sites for hydroxylation is 1. The number of aliphatic hydroxyl groups excluding tert-OH is 1. The third kappa shape index (κ3) is 4.12. The van der Waals surface area contributed by atoms with Crippen molar-refractivity contribution in [1.82, 2.24) is 14.5 Å². The molecule has 1 aliphatic carbocycles. The van der Waals surface area contributed by atoms with E-state index >= 15 is 0 Å². The molecule has 2 fully saturated rings. The van der Waals surface area contributed by atoms with Crippen molar-refractivity contribution >= 4 is 17.5 Å². The molecule has 2 aliphatic rings. The van der Waals surface area contributed by atoms with E-state index in [9.17, 15) is 14.7 Å². The van der Waals surface area contributed by atoms with Gasteiger partial charge in [-0.3, -0.25) is 9.59 Å². The van der Waals surface area contributed by atoms with Crippen LogP contribution in [0.1, 0.15) is 54.6 Å². The van der Waals surface area contributed by atoms with Gasteiger partial charge in [0.2, 0.25) is 5.91 Å². The molecule has 2 heterocycles. The third-order valence-corrected chi connectivity index (χ3v) is 6.54. The molecule has 2 N–H and O–H groups in total. The van der Waals surface area contributed by atoms with E-state index in [1.54, 1.807) is 18.6 Å². The molecule has 0 radical (unpaired) electrons. The van der Waals surface area contributed by atoms with Crippen LogP contribution in [0.4, 0.5) is 5.69 Å². The molecule has 1 aromatic heterocycles. The van der Waals surface area contributed by atoms with Gasteiger partial charge >= 0.3 is 0 Å². The topological polar surface area (TPSA) is 87.5 Å². The minimum absolute atomic E-state index is 0.0101. The van der Waals surface area contributed by atoms with Crippen molar-refractivity contribution in [1.29, 1.82) is 0 Å². The molecule has 7 heteroatoms. The Balaban J connectivity index is 1.46. The number of hydrogen-bond donors (Lipinski definition) is 2. The Bertz CT molecular complexity index is 911. The summed E-state index contributed by atoms with van der Waals surface area (Å²) in [4.78, 5) is 31.2. The number of rotatable bonds is 5. The first-order valence-corrected chi connectivity index (χ1v) is 10.8. The molecule has 160 valence electrons. The van der Waals surface area contributed by atoms with Crippen molar-refractivity contribution < 1.29 is 14.7 Å². The summed E-state index contributed by atoms with van der Waals surface area (Å²) in [5.74, 6) is 0.651. The van der Waals surface area contributed by atoms with Gasteiger partial charge in [0, 0.05) is 43.2 Å². The highest BCUT2D eigenvalue weighted by Crippen LogP contribution is 2.41. The Hall–Kier alpha value is -2.67. The highest BCUT2D eigenvalue weighted by molar-refractivity contribution is 5.98. The van der Waals surface area contributed by atoms with Crippen LogP contribution in [0.3, 0.4) is 0 Å². The molecular weight excluding hydrogens is 380 g/mol. The van der Waals surface area contributed by atoms with Crippen molar-refractivity contribution in [2.75, 3.05) is 18.4 Å². The van der Waals surface area contributed by atoms with E-state index in [2.05, 4.69) is 10.3 Å². The van der Waals surface area contributed by atoms with Gasteiger partial charge in [-0.1, -0.05) is 13.0 Å². The molecule has 2 amide bonds. The summed E-state index contributed by atoms with van der Waals surface area (Å²) in [5.41, 5.74) is 2.24. The number of benzene rings is 1. The number of likely N-dealkylation sites (tertiary alicyclic amines) is 1. The fourth-order valence-electron chi connectivity index (χ4n) is 4.87. The van der Waals surface area contributed by atoms with E-state index in [0.717, 1.165) is 18.4 Å². The molecule has 0 spiro atoms. The van der Waals surface area contributed by atoms with E-state index < -0.39 is 6.10 Å². The number of fused-ring (bicyclic) bond motifs is 1. The molecule has 0 unspecified atom stereocenters. The number of carbonyl (C=O) groups excluding carboxylic acids is 2. The minimum Gasteiger partial charge on any atom is -0.391 e. The van der Waals surface area contributed by atoms with Gasteiger partial charge in [-0.15, -0.1) is 0 Å². The number of aromatic nitrogens is 2. The molecule has 1 saturated carbocycles. The number of nitrogens with one attached hydrogen (secondary N) is 1. The Morgan fingerprint density at radius 1 is 1.23 bits per heavy atom. The average molecular weight is 411 g/mol. The maximum Gasteiger partial charge on any atom is 0.253 e. The van der Waals surface area contributed by atoms with Gasteiger partial charge < -0.3 is 19.9 Å². The summed E-state index contributed by atoms with van der Waals surface area (Å²) in [6, 6.07) is 5.52. The van der Waals surface area contributed by atoms with Gasteiger partial charge in [-0.25, -0.2) is 4.98 Å². The van der Waals surface area contributed by atoms with Gasteiger partial charge in [0.25, 0.3) is 5.91 Å². The quantitative estimate of drug-likeness (QED) is 0.793. The standard InChI is InChI=1S/C23H30N4O3/c1-3-4-22(29)25-19-9-16(6-5-15(19)2)23(30)27-12-17-10-20(26-8-7-24-14-26)21(28)11-18(17)13-27/h5-9,14,17-18,20-21,28H,3-4,10-13H2,1-2H3,(H,25,29)/t17-,18+,20-,21-/m1/s1. The van der Waals surface area contributed by atoms with Gasteiger partial charge in [0.15, 0.2) is 0 Å². The van der Waals surface area contributed by atoms with Crippen LogP contribution in [0.15, 0.2) is 36.9 Å². The highest BCUT2D eigenvalue weighted by Gasteiger charge is 2.43. The van der Waals surface area contributed by atoms with E-state index in [1.165, 1.54) is 0 Å². The van der Waals surface area contributed by atoms with Crippen LogP contribution in [0, 0.1) is 18.8 Å². The lowest BCUT2D eigenvalue weighted by molar-refractivity contribution is -0.116. The number of nitrogens with zero attached hydrogens (tertiary/aromatic N) is 3. The normalized spacial score (nSPS) is 25.8. The lowest BCUT2D eigenvalue weighted by Gasteiger charge is -2.35. The number of hydrogen-bond acceptors (Lipinski definition) is 4. The second-order valence-electron chi connectivity index (χ2n) is 8.67. The van der Waals surface area contributed by atoms with Crippen LogP contribution in [-0.4, -0.2) is 50.6 Å². The fourth-order valence-corrected chi connectivity index (χ4v) is 4.87. The summed E-state index contributed by atoms with van der Waals surface area (Å²) < 4.78 is 1.98. The monoisotopic (exact) mass is 410 g/mol. The predicted molar refractivity (Wildman–Crippen MR) is 114 cm³/mol. The molecule has 1 saturated heterocycles.